The Morgan fingerprint density at radius 3 is 2.25 bits per heavy atom. The second-order valence-corrected chi connectivity index (χ2v) is 5.61. The highest BCUT2D eigenvalue weighted by molar-refractivity contribution is 6.21. The van der Waals surface area contributed by atoms with Crippen molar-refractivity contribution >= 4 is 17.8 Å². The minimum absolute atomic E-state index is 0.216. The lowest BCUT2D eigenvalue weighted by molar-refractivity contribution is -0.138. The second-order valence-electron chi connectivity index (χ2n) is 5.61. The first-order valence-corrected chi connectivity index (χ1v) is 8.41. The summed E-state index contributed by atoms with van der Waals surface area (Å²) in [6.07, 6.45) is 4.76. The van der Waals surface area contributed by atoms with Gasteiger partial charge in [-0.3, -0.25) is 14.5 Å². The van der Waals surface area contributed by atoms with E-state index in [2.05, 4.69) is 0 Å². The van der Waals surface area contributed by atoms with Gasteiger partial charge in [0.05, 0.1) is 17.7 Å². The topological polar surface area (TPSA) is 63.7 Å². The minimum Gasteiger partial charge on any atom is -0.463 e. The van der Waals surface area contributed by atoms with Crippen LogP contribution in [0.15, 0.2) is 35.9 Å². The third kappa shape index (κ3) is 3.91. The smallest absolute Gasteiger partial charge is 0.333 e. The lowest BCUT2D eigenvalue weighted by atomic mass is 10.1. The van der Waals surface area contributed by atoms with Crippen molar-refractivity contribution in [2.75, 3.05) is 13.2 Å². The number of imide groups is 1. The number of amides is 2. The minimum atomic E-state index is -0.264. The summed E-state index contributed by atoms with van der Waals surface area (Å²) in [6.45, 7) is 4.48. The quantitative estimate of drug-likeness (QED) is 0.317. The number of esters is 1. The van der Waals surface area contributed by atoms with Crippen molar-refractivity contribution in [3.63, 3.8) is 0 Å². The maximum atomic E-state index is 12.2. The van der Waals surface area contributed by atoms with Crippen LogP contribution < -0.4 is 0 Å². The van der Waals surface area contributed by atoms with E-state index in [4.69, 9.17) is 4.74 Å². The molecular weight excluding hydrogens is 306 g/mol. The van der Waals surface area contributed by atoms with Crippen LogP contribution in [0.1, 0.15) is 60.2 Å². The summed E-state index contributed by atoms with van der Waals surface area (Å²) in [5.41, 5.74) is 1.65. The molecule has 5 nitrogen and oxygen atoms in total. The highest BCUT2D eigenvalue weighted by atomic mass is 16.5. The number of benzene rings is 1. The molecule has 0 fully saturated rings. The zero-order chi connectivity index (χ0) is 17.5. The van der Waals surface area contributed by atoms with E-state index in [1.165, 1.54) is 4.90 Å². The summed E-state index contributed by atoms with van der Waals surface area (Å²) >= 11 is 0. The SMILES string of the molecule is CCOC(=O)/C(=C/CCCCN1C(=O)c2ccccc2C1=O)CC. The molecule has 2 rings (SSSR count). The average Bonchev–Trinajstić information content (AvgIpc) is 2.83. The molecule has 1 aliphatic heterocycles. The van der Waals surface area contributed by atoms with E-state index in [0.29, 0.717) is 42.7 Å². The molecular formula is C19H23NO4. The molecule has 0 bridgehead atoms. The Bertz CT molecular complexity index is 628. The fourth-order valence-electron chi connectivity index (χ4n) is 2.73. The summed E-state index contributed by atoms with van der Waals surface area (Å²) in [7, 11) is 0. The van der Waals surface area contributed by atoms with E-state index < -0.39 is 0 Å². The fourth-order valence-corrected chi connectivity index (χ4v) is 2.73. The number of nitrogens with zero attached hydrogens (tertiary/aromatic N) is 1. The molecule has 0 aliphatic carbocycles. The van der Waals surface area contributed by atoms with Crippen LogP contribution in [0.2, 0.25) is 0 Å². The number of fused-ring (bicyclic) bond motifs is 1. The number of allylic oxidation sites excluding steroid dienone is 1. The Morgan fingerprint density at radius 1 is 1.08 bits per heavy atom. The van der Waals surface area contributed by atoms with Crippen LogP contribution in [0.5, 0.6) is 0 Å². The van der Waals surface area contributed by atoms with Crippen molar-refractivity contribution < 1.29 is 19.1 Å². The Hall–Kier alpha value is -2.43. The van der Waals surface area contributed by atoms with E-state index in [-0.39, 0.29) is 17.8 Å². The fraction of sp³-hybridized carbons (Fsp3) is 0.421. The number of unbranched alkanes of at least 4 members (excludes halogenated alkanes) is 2. The van der Waals surface area contributed by atoms with Crippen molar-refractivity contribution in [3.8, 4) is 0 Å². The maximum absolute atomic E-state index is 12.2. The van der Waals surface area contributed by atoms with Crippen LogP contribution in [0.3, 0.4) is 0 Å². The molecule has 2 amide bonds. The summed E-state index contributed by atoms with van der Waals surface area (Å²) in [5, 5.41) is 0. The zero-order valence-electron chi connectivity index (χ0n) is 14.2. The summed E-state index contributed by atoms with van der Waals surface area (Å²) in [5.74, 6) is -0.695. The molecule has 128 valence electrons. The summed E-state index contributed by atoms with van der Waals surface area (Å²) < 4.78 is 4.99. The number of hydrogen-bond acceptors (Lipinski definition) is 4. The van der Waals surface area contributed by atoms with E-state index in [0.717, 1.165) is 12.8 Å². The van der Waals surface area contributed by atoms with Gasteiger partial charge in [0.2, 0.25) is 0 Å². The molecule has 1 aromatic rings. The highest BCUT2D eigenvalue weighted by Crippen LogP contribution is 2.22. The summed E-state index contributed by atoms with van der Waals surface area (Å²) in [6, 6.07) is 6.90. The van der Waals surface area contributed by atoms with Crippen molar-refractivity contribution in [1.82, 2.24) is 4.90 Å². The number of carbonyl (C=O) groups is 3. The molecule has 0 unspecified atom stereocenters. The van der Waals surface area contributed by atoms with Gasteiger partial charge in [-0.05, 0) is 44.7 Å². The zero-order valence-corrected chi connectivity index (χ0v) is 14.2. The Labute approximate surface area is 142 Å². The van der Waals surface area contributed by atoms with E-state index in [1.54, 1.807) is 31.2 Å². The lowest BCUT2D eigenvalue weighted by Crippen LogP contribution is -2.30. The third-order valence-electron chi connectivity index (χ3n) is 4.02. The molecule has 1 heterocycles. The molecule has 24 heavy (non-hydrogen) atoms. The molecule has 1 aliphatic rings. The number of rotatable bonds is 8. The predicted octanol–water partition coefficient (Wildman–Crippen LogP) is 3.35. The molecule has 5 heteroatoms. The van der Waals surface area contributed by atoms with Gasteiger partial charge in [-0.25, -0.2) is 4.79 Å². The Morgan fingerprint density at radius 2 is 1.71 bits per heavy atom. The largest absolute Gasteiger partial charge is 0.463 e. The summed E-state index contributed by atoms with van der Waals surface area (Å²) in [4.78, 5) is 37.4. The third-order valence-corrected chi connectivity index (χ3v) is 4.02. The van der Waals surface area contributed by atoms with Gasteiger partial charge in [-0.2, -0.15) is 0 Å². The standard InChI is InChI=1S/C19H23NO4/c1-3-14(19(23)24-4-2)10-6-5-9-13-20-17(21)15-11-7-8-12-16(15)18(20)22/h7-8,10-12H,3-6,9,13H2,1-2H3/b14-10+. The molecule has 0 atom stereocenters. The molecule has 0 spiro atoms. The van der Waals surface area contributed by atoms with Gasteiger partial charge in [0, 0.05) is 12.1 Å². The van der Waals surface area contributed by atoms with Crippen molar-refractivity contribution in [3.05, 3.63) is 47.0 Å². The predicted molar refractivity (Wildman–Crippen MR) is 90.7 cm³/mol. The molecule has 0 saturated carbocycles. The van der Waals surface area contributed by atoms with Gasteiger partial charge in [-0.15, -0.1) is 0 Å². The molecule has 0 saturated heterocycles. The van der Waals surface area contributed by atoms with Crippen molar-refractivity contribution in [2.45, 2.75) is 39.5 Å². The van der Waals surface area contributed by atoms with E-state index >= 15 is 0 Å². The van der Waals surface area contributed by atoms with Crippen LogP contribution in [0, 0.1) is 0 Å². The maximum Gasteiger partial charge on any atom is 0.333 e. The molecule has 0 N–H and O–H groups in total. The Kier molecular flexibility index (Phi) is 6.29. The van der Waals surface area contributed by atoms with Crippen LogP contribution in [0.4, 0.5) is 0 Å². The van der Waals surface area contributed by atoms with Crippen LogP contribution >= 0.6 is 0 Å². The van der Waals surface area contributed by atoms with Crippen LogP contribution in [-0.2, 0) is 9.53 Å². The normalized spacial score (nSPS) is 14.1. The number of hydrogen-bond donors (Lipinski definition) is 0. The van der Waals surface area contributed by atoms with E-state index in [1.807, 2.05) is 13.0 Å². The van der Waals surface area contributed by atoms with Gasteiger partial charge in [0.25, 0.3) is 11.8 Å². The van der Waals surface area contributed by atoms with Crippen LogP contribution in [-0.4, -0.2) is 35.8 Å². The van der Waals surface area contributed by atoms with Gasteiger partial charge in [0.1, 0.15) is 0 Å². The van der Waals surface area contributed by atoms with Crippen molar-refractivity contribution in [1.29, 1.82) is 0 Å². The second kappa shape index (κ2) is 8.43. The van der Waals surface area contributed by atoms with Crippen LogP contribution in [0.25, 0.3) is 0 Å². The molecule has 0 aromatic heterocycles. The monoisotopic (exact) mass is 329 g/mol. The lowest BCUT2D eigenvalue weighted by Gasteiger charge is -2.13. The number of carbonyl (C=O) groups excluding carboxylic acids is 3. The van der Waals surface area contributed by atoms with Gasteiger partial charge < -0.3 is 4.74 Å². The first kappa shape index (κ1) is 17.9. The van der Waals surface area contributed by atoms with Crippen molar-refractivity contribution in [2.24, 2.45) is 0 Å². The Balaban J connectivity index is 1.82. The number of ether oxygens (including phenoxy) is 1. The average molecular weight is 329 g/mol. The molecule has 0 radical (unpaired) electrons. The van der Waals surface area contributed by atoms with Gasteiger partial charge >= 0.3 is 5.97 Å². The van der Waals surface area contributed by atoms with E-state index in [9.17, 15) is 14.4 Å². The van der Waals surface area contributed by atoms with Gasteiger partial charge in [0.15, 0.2) is 0 Å². The first-order valence-electron chi connectivity index (χ1n) is 8.41. The highest BCUT2D eigenvalue weighted by Gasteiger charge is 2.34. The molecule has 1 aromatic carbocycles. The van der Waals surface area contributed by atoms with Gasteiger partial charge in [-0.1, -0.05) is 25.1 Å². The first-order chi connectivity index (χ1) is 11.6.